The molecule has 0 radical (unpaired) electrons. The number of halogens is 3. The van der Waals surface area contributed by atoms with Gasteiger partial charge >= 0.3 is 6.36 Å². The third-order valence-corrected chi connectivity index (χ3v) is 4.33. The summed E-state index contributed by atoms with van der Waals surface area (Å²) in [5.74, 6) is -1.04. The number of carbonyl (C=O) groups is 1. The van der Waals surface area contributed by atoms with Crippen molar-refractivity contribution in [1.29, 1.82) is 0 Å². The van der Waals surface area contributed by atoms with Crippen LogP contribution in [0, 0.1) is 0 Å². The van der Waals surface area contributed by atoms with Gasteiger partial charge in [-0.1, -0.05) is 12.1 Å². The molecule has 0 unspecified atom stereocenters. The summed E-state index contributed by atoms with van der Waals surface area (Å²) in [6.45, 7) is 1.35. The molecule has 0 fully saturated rings. The van der Waals surface area contributed by atoms with Gasteiger partial charge < -0.3 is 4.74 Å². The summed E-state index contributed by atoms with van der Waals surface area (Å²) in [6, 6.07) is 9.87. The van der Waals surface area contributed by atoms with E-state index >= 15 is 0 Å². The van der Waals surface area contributed by atoms with Crippen molar-refractivity contribution in [3.63, 3.8) is 0 Å². The largest absolute Gasteiger partial charge is 0.573 e. The fraction of sp³-hybridized carbons (Fsp3) is 0.133. The standard InChI is InChI=1S/C15H12F3NO4S/c1-10(20)11-6-8-12(9-7-11)19-24(21,22)14-5-3-2-4-13(14)23-15(16,17)18/h2-9,19H,1H3. The van der Waals surface area contributed by atoms with Gasteiger partial charge in [-0.3, -0.25) is 9.52 Å². The van der Waals surface area contributed by atoms with Crippen molar-refractivity contribution in [3.8, 4) is 5.75 Å². The summed E-state index contributed by atoms with van der Waals surface area (Å²) in [5, 5.41) is 0. The zero-order valence-corrected chi connectivity index (χ0v) is 13.1. The molecule has 0 aliphatic heterocycles. The number of sulfonamides is 1. The molecule has 9 heteroatoms. The third-order valence-electron chi connectivity index (χ3n) is 2.91. The molecule has 0 aliphatic carbocycles. The first-order chi connectivity index (χ1) is 11.1. The normalized spacial score (nSPS) is 11.8. The second kappa shape index (κ2) is 6.52. The van der Waals surface area contributed by atoms with Crippen LogP contribution in [-0.4, -0.2) is 20.6 Å². The Hall–Kier alpha value is -2.55. The smallest absolute Gasteiger partial charge is 0.404 e. The van der Waals surface area contributed by atoms with Crippen LogP contribution in [0.3, 0.4) is 0 Å². The number of hydrogen-bond acceptors (Lipinski definition) is 4. The first-order valence-electron chi connectivity index (χ1n) is 6.57. The van der Waals surface area contributed by atoms with Gasteiger partial charge in [0.15, 0.2) is 5.78 Å². The molecular weight excluding hydrogens is 347 g/mol. The predicted octanol–water partition coefficient (Wildman–Crippen LogP) is 3.59. The van der Waals surface area contributed by atoms with E-state index in [-0.39, 0.29) is 11.5 Å². The Morgan fingerprint density at radius 1 is 1.04 bits per heavy atom. The fourth-order valence-corrected chi connectivity index (χ4v) is 3.05. The van der Waals surface area contributed by atoms with Crippen LogP contribution in [0.1, 0.15) is 17.3 Å². The maximum Gasteiger partial charge on any atom is 0.573 e. The number of carbonyl (C=O) groups excluding carboxylic acids is 1. The first-order valence-corrected chi connectivity index (χ1v) is 8.05. The van der Waals surface area contributed by atoms with Crippen LogP contribution in [0.15, 0.2) is 53.4 Å². The topological polar surface area (TPSA) is 72.5 Å². The predicted molar refractivity (Wildman–Crippen MR) is 80.4 cm³/mol. The molecule has 0 heterocycles. The second-order valence-corrected chi connectivity index (χ2v) is 6.38. The SMILES string of the molecule is CC(=O)c1ccc(NS(=O)(=O)c2ccccc2OC(F)(F)F)cc1. The van der Waals surface area contributed by atoms with E-state index in [4.69, 9.17) is 0 Å². The molecule has 0 spiro atoms. The average molecular weight is 359 g/mol. The molecule has 5 nitrogen and oxygen atoms in total. The van der Waals surface area contributed by atoms with Gasteiger partial charge in [-0.25, -0.2) is 8.42 Å². The van der Waals surface area contributed by atoms with E-state index in [9.17, 15) is 26.4 Å². The Morgan fingerprint density at radius 2 is 1.62 bits per heavy atom. The lowest BCUT2D eigenvalue weighted by molar-refractivity contribution is -0.275. The van der Waals surface area contributed by atoms with E-state index in [1.807, 2.05) is 0 Å². The minimum Gasteiger partial charge on any atom is -0.404 e. The Labute approximate surface area is 136 Å². The quantitative estimate of drug-likeness (QED) is 0.828. The third kappa shape index (κ3) is 4.48. The molecule has 2 aromatic rings. The maximum absolute atomic E-state index is 12.4. The van der Waals surface area contributed by atoms with Crippen molar-refractivity contribution < 1.29 is 31.1 Å². The summed E-state index contributed by atoms with van der Waals surface area (Å²) in [5.41, 5.74) is 0.473. The molecule has 2 aromatic carbocycles. The molecule has 2 rings (SSSR count). The van der Waals surface area contributed by atoms with Crippen molar-refractivity contribution in [2.75, 3.05) is 4.72 Å². The van der Waals surface area contributed by atoms with Gasteiger partial charge in [0.25, 0.3) is 10.0 Å². The van der Waals surface area contributed by atoms with Crippen LogP contribution in [0.4, 0.5) is 18.9 Å². The number of hydrogen-bond donors (Lipinski definition) is 1. The van der Waals surface area contributed by atoms with Crippen LogP contribution in [-0.2, 0) is 10.0 Å². The van der Waals surface area contributed by atoms with Crippen molar-refractivity contribution in [3.05, 3.63) is 54.1 Å². The minimum atomic E-state index is -5.02. The minimum absolute atomic E-state index is 0.0989. The van der Waals surface area contributed by atoms with E-state index in [1.54, 1.807) is 0 Å². The van der Waals surface area contributed by atoms with E-state index in [2.05, 4.69) is 9.46 Å². The molecule has 0 aliphatic rings. The first kappa shape index (κ1) is 17.8. The highest BCUT2D eigenvalue weighted by atomic mass is 32.2. The van der Waals surface area contributed by atoms with Gasteiger partial charge in [0, 0.05) is 11.3 Å². The number of anilines is 1. The molecule has 0 bridgehead atoms. The highest BCUT2D eigenvalue weighted by molar-refractivity contribution is 7.92. The number of ether oxygens (including phenoxy) is 1. The zero-order chi connectivity index (χ0) is 18.0. The Morgan fingerprint density at radius 3 is 2.17 bits per heavy atom. The van der Waals surface area contributed by atoms with Crippen LogP contribution in [0.25, 0.3) is 0 Å². The lowest BCUT2D eigenvalue weighted by Crippen LogP contribution is -2.20. The van der Waals surface area contributed by atoms with Crippen molar-refractivity contribution in [2.45, 2.75) is 18.2 Å². The summed E-state index contributed by atoms with van der Waals surface area (Å²) in [6.07, 6.45) is -5.02. The number of ketones is 1. The molecule has 0 amide bonds. The maximum atomic E-state index is 12.4. The van der Waals surface area contributed by atoms with Crippen molar-refractivity contribution >= 4 is 21.5 Å². The van der Waals surface area contributed by atoms with Gasteiger partial charge in [0.2, 0.25) is 0 Å². The van der Waals surface area contributed by atoms with Crippen LogP contribution < -0.4 is 9.46 Å². The number of para-hydroxylation sites is 1. The van der Waals surface area contributed by atoms with Gasteiger partial charge in [0.05, 0.1) is 0 Å². The highest BCUT2D eigenvalue weighted by Crippen LogP contribution is 2.30. The summed E-state index contributed by atoms with van der Waals surface area (Å²) < 4.78 is 67.6. The molecule has 0 aromatic heterocycles. The van der Waals surface area contributed by atoms with E-state index in [1.165, 1.54) is 43.3 Å². The van der Waals surface area contributed by atoms with Gasteiger partial charge in [-0.05, 0) is 43.3 Å². The van der Waals surface area contributed by atoms with Crippen molar-refractivity contribution in [2.24, 2.45) is 0 Å². The Kier molecular flexibility index (Phi) is 4.83. The Bertz CT molecular complexity index is 846. The second-order valence-electron chi connectivity index (χ2n) is 4.73. The summed E-state index contributed by atoms with van der Waals surface area (Å²) >= 11 is 0. The van der Waals surface area contributed by atoms with Gasteiger partial charge in [0.1, 0.15) is 10.6 Å². The average Bonchev–Trinajstić information content (AvgIpc) is 2.46. The van der Waals surface area contributed by atoms with Crippen LogP contribution in [0.2, 0.25) is 0 Å². The lowest BCUT2D eigenvalue weighted by atomic mass is 10.1. The molecule has 0 saturated carbocycles. The fourth-order valence-electron chi connectivity index (χ4n) is 1.86. The van der Waals surface area contributed by atoms with Crippen LogP contribution >= 0.6 is 0 Å². The highest BCUT2D eigenvalue weighted by Gasteiger charge is 2.34. The van der Waals surface area contributed by atoms with Crippen LogP contribution in [0.5, 0.6) is 5.75 Å². The van der Waals surface area contributed by atoms with Gasteiger partial charge in [-0.2, -0.15) is 0 Å². The number of alkyl halides is 3. The molecule has 128 valence electrons. The summed E-state index contributed by atoms with van der Waals surface area (Å²) in [4.78, 5) is 10.5. The zero-order valence-electron chi connectivity index (χ0n) is 12.3. The van der Waals surface area contributed by atoms with Crippen molar-refractivity contribution in [1.82, 2.24) is 0 Å². The Balaban J connectivity index is 2.32. The van der Waals surface area contributed by atoms with E-state index in [0.717, 1.165) is 12.1 Å². The molecule has 0 saturated heterocycles. The number of rotatable bonds is 5. The molecule has 0 atom stereocenters. The number of benzene rings is 2. The number of nitrogens with one attached hydrogen (secondary N) is 1. The number of Topliss-reactive ketones (excluding diaryl/α,β-unsaturated/α-hetero) is 1. The molecular formula is C15H12F3NO4S. The molecule has 1 N–H and O–H groups in total. The van der Waals surface area contributed by atoms with Gasteiger partial charge in [-0.15, -0.1) is 13.2 Å². The monoisotopic (exact) mass is 359 g/mol. The lowest BCUT2D eigenvalue weighted by Gasteiger charge is -2.14. The van der Waals surface area contributed by atoms with E-state index in [0.29, 0.717) is 5.56 Å². The molecule has 24 heavy (non-hydrogen) atoms. The summed E-state index contributed by atoms with van der Waals surface area (Å²) in [7, 11) is -4.31. The van der Waals surface area contributed by atoms with E-state index < -0.39 is 27.0 Å².